The standard InChI is InChI=1S/C33H33Cl2N3O5S/c1-4-36-33(40)24(3)37(21-29-30(34)11-8-12-31(29)35)32(39)22-38(44(41,42)28-19-13-23(2)14-20-28)25-15-17-27(18-16-25)43-26-9-6-5-7-10-26/h5-20,24H,4,21-22H2,1-3H3,(H,36,40)/t24-/m1/s1. The highest BCUT2D eigenvalue weighted by Gasteiger charge is 2.33. The van der Waals surface area contributed by atoms with Crippen molar-refractivity contribution in [2.75, 3.05) is 17.4 Å². The van der Waals surface area contributed by atoms with Crippen molar-refractivity contribution < 1.29 is 22.7 Å². The molecule has 0 spiro atoms. The fourth-order valence-corrected chi connectivity index (χ4v) is 6.36. The number of hydrogen-bond donors (Lipinski definition) is 1. The van der Waals surface area contributed by atoms with E-state index in [1.165, 1.54) is 17.0 Å². The van der Waals surface area contributed by atoms with Crippen LogP contribution >= 0.6 is 23.2 Å². The van der Waals surface area contributed by atoms with Gasteiger partial charge in [-0.25, -0.2) is 8.42 Å². The molecule has 230 valence electrons. The van der Waals surface area contributed by atoms with Gasteiger partial charge in [0.1, 0.15) is 24.1 Å². The molecule has 0 fully saturated rings. The number of benzene rings is 4. The first-order valence-electron chi connectivity index (χ1n) is 13.9. The molecule has 0 aliphatic rings. The van der Waals surface area contributed by atoms with E-state index in [1.807, 2.05) is 25.1 Å². The van der Waals surface area contributed by atoms with Crippen molar-refractivity contribution in [3.05, 3.63) is 118 Å². The molecule has 1 atom stereocenters. The number of carbonyl (C=O) groups is 2. The Hall–Kier alpha value is -4.05. The highest BCUT2D eigenvalue weighted by Crippen LogP contribution is 2.30. The zero-order chi connectivity index (χ0) is 31.9. The van der Waals surface area contributed by atoms with Gasteiger partial charge in [0.2, 0.25) is 11.8 Å². The van der Waals surface area contributed by atoms with Crippen LogP contribution in [0.3, 0.4) is 0 Å². The third kappa shape index (κ3) is 7.91. The highest BCUT2D eigenvalue weighted by molar-refractivity contribution is 7.92. The summed E-state index contributed by atoms with van der Waals surface area (Å²) in [5, 5.41) is 3.36. The first-order chi connectivity index (χ1) is 21.0. The summed E-state index contributed by atoms with van der Waals surface area (Å²) < 4.78 is 35.0. The lowest BCUT2D eigenvalue weighted by Crippen LogP contribution is -2.51. The summed E-state index contributed by atoms with van der Waals surface area (Å²) in [6, 6.07) is 25.9. The Kier molecular flexibility index (Phi) is 10.9. The number of carbonyl (C=O) groups excluding carboxylic acids is 2. The number of nitrogens with one attached hydrogen (secondary N) is 1. The number of aryl methyl sites for hydroxylation is 1. The maximum Gasteiger partial charge on any atom is 0.264 e. The molecule has 8 nitrogen and oxygen atoms in total. The lowest BCUT2D eigenvalue weighted by Gasteiger charge is -2.32. The van der Waals surface area contributed by atoms with Gasteiger partial charge < -0.3 is 15.0 Å². The Balaban J connectivity index is 1.73. The van der Waals surface area contributed by atoms with E-state index in [-0.39, 0.29) is 17.1 Å². The molecule has 11 heteroatoms. The van der Waals surface area contributed by atoms with Gasteiger partial charge in [-0.15, -0.1) is 0 Å². The van der Waals surface area contributed by atoms with Crippen molar-refractivity contribution in [2.24, 2.45) is 0 Å². The molecule has 0 heterocycles. The molecule has 4 aromatic rings. The lowest BCUT2D eigenvalue weighted by molar-refractivity contribution is -0.139. The largest absolute Gasteiger partial charge is 0.457 e. The lowest BCUT2D eigenvalue weighted by atomic mass is 10.1. The van der Waals surface area contributed by atoms with Gasteiger partial charge in [0.15, 0.2) is 0 Å². The number of amides is 2. The summed E-state index contributed by atoms with van der Waals surface area (Å²) in [5.41, 5.74) is 1.56. The fourth-order valence-electron chi connectivity index (χ4n) is 4.43. The quantitative estimate of drug-likeness (QED) is 0.181. The van der Waals surface area contributed by atoms with E-state index < -0.39 is 34.4 Å². The SMILES string of the molecule is CCNC(=O)[C@@H](C)N(Cc1c(Cl)cccc1Cl)C(=O)CN(c1ccc(Oc2ccccc2)cc1)S(=O)(=O)c1ccc(C)cc1. The van der Waals surface area contributed by atoms with Crippen LogP contribution in [0.1, 0.15) is 25.0 Å². The number of para-hydroxylation sites is 1. The summed E-state index contributed by atoms with van der Waals surface area (Å²) in [6.45, 7) is 4.83. The van der Waals surface area contributed by atoms with E-state index in [0.717, 1.165) is 9.87 Å². The van der Waals surface area contributed by atoms with E-state index in [1.54, 1.807) is 80.6 Å². The van der Waals surface area contributed by atoms with Crippen molar-refractivity contribution in [1.29, 1.82) is 0 Å². The average molecular weight is 655 g/mol. The van der Waals surface area contributed by atoms with Crippen LogP contribution in [0.5, 0.6) is 11.5 Å². The first kappa shape index (κ1) is 32.9. The molecule has 0 radical (unpaired) electrons. The van der Waals surface area contributed by atoms with Crippen molar-refractivity contribution in [1.82, 2.24) is 10.2 Å². The number of nitrogens with zero attached hydrogens (tertiary/aromatic N) is 2. The molecular formula is C33H33Cl2N3O5S. The average Bonchev–Trinajstić information content (AvgIpc) is 3.00. The Morgan fingerprint density at radius 1 is 0.841 bits per heavy atom. The van der Waals surface area contributed by atoms with E-state index in [4.69, 9.17) is 27.9 Å². The van der Waals surface area contributed by atoms with Gasteiger partial charge in [-0.1, -0.05) is 65.2 Å². The van der Waals surface area contributed by atoms with Crippen LogP contribution in [0.15, 0.2) is 102 Å². The molecule has 0 aromatic heterocycles. The van der Waals surface area contributed by atoms with Crippen LogP contribution in [-0.2, 0) is 26.2 Å². The second-order valence-corrected chi connectivity index (χ2v) is 12.7. The van der Waals surface area contributed by atoms with Gasteiger partial charge in [0, 0.05) is 28.7 Å². The van der Waals surface area contributed by atoms with Gasteiger partial charge in [0.05, 0.1) is 10.6 Å². The summed E-state index contributed by atoms with van der Waals surface area (Å²) in [5.74, 6) is 0.0750. The Morgan fingerprint density at radius 3 is 2.02 bits per heavy atom. The molecule has 0 saturated carbocycles. The van der Waals surface area contributed by atoms with Crippen LogP contribution < -0.4 is 14.4 Å². The number of halogens is 2. The predicted octanol–water partition coefficient (Wildman–Crippen LogP) is 6.84. The summed E-state index contributed by atoms with van der Waals surface area (Å²) in [7, 11) is -4.22. The van der Waals surface area contributed by atoms with Crippen molar-refractivity contribution in [3.8, 4) is 11.5 Å². The van der Waals surface area contributed by atoms with Crippen LogP contribution in [-0.4, -0.2) is 44.3 Å². The van der Waals surface area contributed by atoms with Crippen LogP contribution in [0, 0.1) is 6.92 Å². The third-order valence-corrected chi connectivity index (χ3v) is 9.40. The smallest absolute Gasteiger partial charge is 0.264 e. The van der Waals surface area contributed by atoms with E-state index >= 15 is 0 Å². The molecule has 1 N–H and O–H groups in total. The Labute approximate surface area is 268 Å². The van der Waals surface area contributed by atoms with Gasteiger partial charge in [-0.05, 0) is 81.4 Å². The van der Waals surface area contributed by atoms with Gasteiger partial charge in [0.25, 0.3) is 10.0 Å². The molecular weight excluding hydrogens is 621 g/mol. The van der Waals surface area contributed by atoms with E-state index in [0.29, 0.717) is 33.7 Å². The molecule has 44 heavy (non-hydrogen) atoms. The second-order valence-electron chi connectivity index (χ2n) is 10.0. The maximum absolute atomic E-state index is 14.1. The monoisotopic (exact) mass is 653 g/mol. The van der Waals surface area contributed by atoms with Crippen LogP contribution in [0.25, 0.3) is 0 Å². The minimum absolute atomic E-state index is 0.0120. The molecule has 0 bridgehead atoms. The zero-order valence-corrected chi connectivity index (χ0v) is 26.9. The number of likely N-dealkylation sites (N-methyl/N-ethyl adjacent to an activating group) is 1. The third-order valence-electron chi connectivity index (χ3n) is 6.90. The summed E-state index contributed by atoms with van der Waals surface area (Å²) in [6.07, 6.45) is 0. The number of sulfonamides is 1. The molecule has 2 amide bonds. The molecule has 4 aromatic carbocycles. The zero-order valence-electron chi connectivity index (χ0n) is 24.5. The van der Waals surface area contributed by atoms with Crippen molar-refractivity contribution in [2.45, 2.75) is 38.3 Å². The number of rotatable bonds is 12. The molecule has 0 saturated heterocycles. The number of anilines is 1. The Morgan fingerprint density at radius 2 is 1.43 bits per heavy atom. The van der Waals surface area contributed by atoms with Gasteiger partial charge in [-0.2, -0.15) is 0 Å². The number of ether oxygens (including phenoxy) is 1. The second kappa shape index (κ2) is 14.6. The van der Waals surface area contributed by atoms with Crippen molar-refractivity contribution >= 4 is 50.7 Å². The van der Waals surface area contributed by atoms with Crippen molar-refractivity contribution in [3.63, 3.8) is 0 Å². The van der Waals surface area contributed by atoms with E-state index in [9.17, 15) is 18.0 Å². The minimum atomic E-state index is -4.22. The summed E-state index contributed by atoms with van der Waals surface area (Å²) in [4.78, 5) is 28.3. The van der Waals surface area contributed by atoms with Crippen LogP contribution in [0.4, 0.5) is 5.69 Å². The normalized spacial score (nSPS) is 11.8. The topological polar surface area (TPSA) is 96.0 Å². The molecule has 0 aliphatic heterocycles. The number of hydrogen-bond acceptors (Lipinski definition) is 5. The van der Waals surface area contributed by atoms with Crippen LogP contribution in [0.2, 0.25) is 10.0 Å². The van der Waals surface area contributed by atoms with Gasteiger partial charge >= 0.3 is 0 Å². The Bertz CT molecular complexity index is 1680. The maximum atomic E-state index is 14.1. The minimum Gasteiger partial charge on any atom is -0.457 e. The molecule has 4 rings (SSSR count). The van der Waals surface area contributed by atoms with Gasteiger partial charge in [-0.3, -0.25) is 13.9 Å². The fraction of sp³-hybridized carbons (Fsp3) is 0.212. The predicted molar refractivity (Wildman–Crippen MR) is 174 cm³/mol. The van der Waals surface area contributed by atoms with E-state index in [2.05, 4.69) is 5.32 Å². The molecule has 0 aliphatic carbocycles. The highest BCUT2D eigenvalue weighted by atomic mass is 35.5. The molecule has 0 unspecified atom stereocenters. The first-order valence-corrected chi connectivity index (χ1v) is 16.1. The summed E-state index contributed by atoms with van der Waals surface area (Å²) >= 11 is 12.8.